The van der Waals surface area contributed by atoms with Crippen molar-refractivity contribution < 1.29 is 18.6 Å². The van der Waals surface area contributed by atoms with Gasteiger partial charge in [0, 0.05) is 6.26 Å². The van der Waals surface area contributed by atoms with Crippen LogP contribution >= 0.6 is 7.60 Å². The van der Waals surface area contributed by atoms with Gasteiger partial charge in [-0.15, -0.1) is 0 Å². The molecule has 0 aliphatic carbocycles. The number of hydrogen-bond donors (Lipinski definition) is 2. The lowest BCUT2D eigenvalue weighted by atomic mass is 10.4. The zero-order valence-electron chi connectivity index (χ0n) is 6.88. The minimum Gasteiger partial charge on any atom is -0.321 e. The second kappa shape index (κ2) is 3.72. The molecule has 0 aliphatic heterocycles. The highest BCUT2D eigenvalue weighted by molar-refractivity contribution is 7.85. The van der Waals surface area contributed by atoms with E-state index in [1.54, 1.807) is 6.07 Å². The van der Waals surface area contributed by atoms with Crippen LogP contribution in [0.4, 0.5) is 0 Å². The summed E-state index contributed by atoms with van der Waals surface area (Å²) in [7, 11) is -5.68. The van der Waals surface area contributed by atoms with Gasteiger partial charge in [0.15, 0.2) is 0 Å². The Morgan fingerprint density at radius 1 is 1.31 bits per heavy atom. The fourth-order valence-electron chi connectivity index (χ4n) is 0.941. The predicted molar refractivity (Wildman–Crippen MR) is 50.5 cm³/mol. The Bertz CT molecular complexity index is 384. The predicted octanol–water partition coefficient (Wildman–Crippen LogP) is 0.227. The molecule has 1 aromatic rings. The Labute approximate surface area is 78.2 Å². The Hall–Kier alpha value is -0.480. The molecule has 72 valence electrons. The molecule has 0 spiro atoms. The van der Waals surface area contributed by atoms with Crippen LogP contribution < -0.4 is 5.30 Å². The molecule has 0 heterocycles. The van der Waals surface area contributed by atoms with Gasteiger partial charge in [-0.25, -0.2) is 0 Å². The van der Waals surface area contributed by atoms with Gasteiger partial charge in [-0.05, 0) is 12.1 Å². The number of rotatable bonds is 2. The van der Waals surface area contributed by atoms with Crippen LogP contribution in [0.2, 0.25) is 0 Å². The normalized spacial score (nSPS) is 14.1. The molecule has 0 radical (unpaired) electrons. The van der Waals surface area contributed by atoms with Gasteiger partial charge in [0.2, 0.25) is 0 Å². The SMILES string of the molecule is CS(=O)c1ccccc1P(=O)(O)O. The van der Waals surface area contributed by atoms with Crippen molar-refractivity contribution in [1.29, 1.82) is 0 Å². The third kappa shape index (κ3) is 2.48. The average Bonchev–Trinajstić information content (AvgIpc) is 2.03. The van der Waals surface area contributed by atoms with Crippen LogP contribution in [0.5, 0.6) is 0 Å². The lowest BCUT2D eigenvalue weighted by Crippen LogP contribution is -2.11. The van der Waals surface area contributed by atoms with Crippen molar-refractivity contribution in [3.63, 3.8) is 0 Å². The Balaban J connectivity index is 3.37. The van der Waals surface area contributed by atoms with Crippen LogP contribution in [-0.2, 0) is 15.4 Å². The highest BCUT2D eigenvalue weighted by Crippen LogP contribution is 2.35. The molecule has 0 fully saturated rings. The molecule has 2 N–H and O–H groups in total. The van der Waals surface area contributed by atoms with E-state index in [4.69, 9.17) is 9.79 Å². The highest BCUT2D eigenvalue weighted by Gasteiger charge is 2.22. The molecular formula is C7H9O4PS. The van der Waals surface area contributed by atoms with Crippen molar-refractivity contribution in [3.8, 4) is 0 Å². The fourth-order valence-corrected chi connectivity index (χ4v) is 2.96. The summed E-state index contributed by atoms with van der Waals surface area (Å²) in [5, 5.41) is -0.157. The van der Waals surface area contributed by atoms with Crippen LogP contribution in [0, 0.1) is 0 Å². The molecule has 1 unspecified atom stereocenters. The van der Waals surface area contributed by atoms with Crippen molar-refractivity contribution >= 4 is 23.7 Å². The summed E-state index contributed by atoms with van der Waals surface area (Å²) in [6, 6.07) is 5.84. The average molecular weight is 220 g/mol. The quantitative estimate of drug-likeness (QED) is 0.699. The molecule has 1 aromatic carbocycles. The van der Waals surface area contributed by atoms with Gasteiger partial charge in [0.05, 0.1) is 21.0 Å². The lowest BCUT2D eigenvalue weighted by Gasteiger charge is -2.07. The molecule has 13 heavy (non-hydrogen) atoms. The highest BCUT2D eigenvalue weighted by atomic mass is 32.2. The summed E-state index contributed by atoms with van der Waals surface area (Å²) < 4.78 is 22.0. The molecular weight excluding hydrogens is 211 g/mol. The van der Waals surface area contributed by atoms with E-state index in [0.717, 1.165) is 0 Å². The molecule has 0 amide bonds. The number of hydrogen-bond acceptors (Lipinski definition) is 2. The summed E-state index contributed by atoms with van der Waals surface area (Å²) in [6.45, 7) is 0. The van der Waals surface area contributed by atoms with Crippen LogP contribution in [0.1, 0.15) is 0 Å². The maximum absolute atomic E-state index is 11.1. The Morgan fingerprint density at radius 3 is 2.23 bits per heavy atom. The molecule has 0 aliphatic rings. The first-order valence-corrected chi connectivity index (χ1v) is 6.58. The Kier molecular flexibility index (Phi) is 3.03. The molecule has 1 atom stereocenters. The summed E-state index contributed by atoms with van der Waals surface area (Å²) in [5.41, 5.74) is 0. The van der Waals surface area contributed by atoms with Crippen LogP contribution in [0.15, 0.2) is 29.2 Å². The zero-order chi connectivity index (χ0) is 10.1. The van der Waals surface area contributed by atoms with Gasteiger partial charge in [-0.3, -0.25) is 8.77 Å². The maximum atomic E-state index is 11.1. The second-order valence-corrected chi connectivity index (χ2v) is 5.38. The van der Waals surface area contributed by atoms with E-state index < -0.39 is 18.4 Å². The first-order valence-electron chi connectivity index (χ1n) is 3.41. The van der Waals surface area contributed by atoms with Gasteiger partial charge in [-0.2, -0.15) is 0 Å². The lowest BCUT2D eigenvalue weighted by molar-refractivity contribution is 0.386. The fraction of sp³-hybridized carbons (Fsp3) is 0.143. The van der Waals surface area contributed by atoms with E-state index in [0.29, 0.717) is 0 Å². The minimum absolute atomic E-state index is 0.157. The molecule has 0 saturated heterocycles. The van der Waals surface area contributed by atoms with Crippen molar-refractivity contribution in [3.05, 3.63) is 24.3 Å². The van der Waals surface area contributed by atoms with Gasteiger partial charge in [0.1, 0.15) is 0 Å². The molecule has 1 rings (SSSR count). The smallest absolute Gasteiger partial charge is 0.321 e. The summed E-state index contributed by atoms with van der Waals surface area (Å²) in [6.07, 6.45) is 1.38. The third-order valence-electron chi connectivity index (χ3n) is 1.49. The standard InChI is InChI=1S/C7H9O4PS/c1-13(11)7-5-3-2-4-6(7)12(8,9)10/h2-5H,1H3,(H2,8,9,10). The maximum Gasteiger partial charge on any atom is 0.357 e. The molecule has 4 nitrogen and oxygen atoms in total. The van der Waals surface area contributed by atoms with Crippen molar-refractivity contribution in [2.24, 2.45) is 0 Å². The van der Waals surface area contributed by atoms with E-state index in [1.807, 2.05) is 0 Å². The largest absolute Gasteiger partial charge is 0.357 e. The van der Waals surface area contributed by atoms with Crippen LogP contribution in [0.3, 0.4) is 0 Å². The van der Waals surface area contributed by atoms with E-state index in [1.165, 1.54) is 24.5 Å². The van der Waals surface area contributed by atoms with Gasteiger partial charge < -0.3 is 9.79 Å². The first-order chi connectivity index (χ1) is 5.93. The summed E-state index contributed by atoms with van der Waals surface area (Å²) in [4.78, 5) is 18.0. The van der Waals surface area contributed by atoms with Gasteiger partial charge in [0.25, 0.3) is 0 Å². The van der Waals surface area contributed by atoms with Crippen molar-refractivity contribution in [2.75, 3.05) is 6.26 Å². The van der Waals surface area contributed by atoms with E-state index in [9.17, 15) is 8.77 Å². The van der Waals surface area contributed by atoms with Crippen molar-refractivity contribution in [2.45, 2.75) is 4.90 Å². The van der Waals surface area contributed by atoms with Crippen LogP contribution in [0.25, 0.3) is 0 Å². The van der Waals surface area contributed by atoms with Gasteiger partial charge in [-0.1, -0.05) is 12.1 Å². The minimum atomic E-state index is -4.30. The second-order valence-electron chi connectivity index (χ2n) is 2.47. The van der Waals surface area contributed by atoms with Crippen LogP contribution in [-0.4, -0.2) is 20.3 Å². The molecule has 0 saturated carbocycles. The zero-order valence-corrected chi connectivity index (χ0v) is 8.59. The van der Waals surface area contributed by atoms with Crippen molar-refractivity contribution in [1.82, 2.24) is 0 Å². The van der Waals surface area contributed by atoms with E-state index in [2.05, 4.69) is 0 Å². The number of benzene rings is 1. The van der Waals surface area contributed by atoms with E-state index in [-0.39, 0.29) is 10.2 Å². The molecule has 0 bridgehead atoms. The summed E-state index contributed by atoms with van der Waals surface area (Å²) >= 11 is 0. The molecule has 6 heteroatoms. The third-order valence-corrected chi connectivity index (χ3v) is 3.63. The Morgan fingerprint density at radius 2 is 1.85 bits per heavy atom. The van der Waals surface area contributed by atoms with E-state index >= 15 is 0 Å². The first kappa shape index (κ1) is 10.6. The van der Waals surface area contributed by atoms with Gasteiger partial charge >= 0.3 is 7.60 Å². The molecule has 0 aromatic heterocycles. The monoisotopic (exact) mass is 220 g/mol. The summed E-state index contributed by atoms with van der Waals surface area (Å²) in [5.74, 6) is 0. The topological polar surface area (TPSA) is 74.6 Å².